The van der Waals surface area contributed by atoms with Crippen molar-refractivity contribution in [2.24, 2.45) is 0 Å². The van der Waals surface area contributed by atoms with E-state index in [1.807, 2.05) is 0 Å². The summed E-state index contributed by atoms with van der Waals surface area (Å²) in [5.74, 6) is 0.544. The van der Waals surface area contributed by atoms with Crippen LogP contribution in [0.25, 0.3) is 5.57 Å². The minimum absolute atomic E-state index is 0.544. The summed E-state index contributed by atoms with van der Waals surface area (Å²) in [7, 11) is 1.20. The number of benzene rings is 1. The highest BCUT2D eigenvalue weighted by atomic mass is 14.9. The van der Waals surface area contributed by atoms with Gasteiger partial charge in [0.1, 0.15) is 0 Å². The normalized spacial score (nSPS) is 16.3. The second-order valence-electron chi connectivity index (χ2n) is 6.90. The van der Waals surface area contributed by atoms with Crippen LogP contribution < -0.4 is 5.32 Å². The Morgan fingerprint density at radius 2 is 2.04 bits per heavy atom. The van der Waals surface area contributed by atoms with Crippen molar-refractivity contribution in [2.45, 2.75) is 71.1 Å². The Morgan fingerprint density at radius 1 is 1.22 bits per heavy atom. The standard InChI is InChI=1S/C21H32BN/c1-5-7-8-9-11-16(3)19-13-10-12-18-14-21(22-15-20(18)19)23-17(4)6-2/h10,12-13,21-23H,3-9,11,14-15H2,1-2H3. The first kappa shape index (κ1) is 17.9. The molecule has 0 radical (unpaired) electrons. The van der Waals surface area contributed by atoms with E-state index in [0.717, 1.165) is 31.3 Å². The lowest BCUT2D eigenvalue weighted by Crippen LogP contribution is -2.40. The summed E-state index contributed by atoms with van der Waals surface area (Å²) in [5.41, 5.74) is 6.97. The summed E-state index contributed by atoms with van der Waals surface area (Å²) in [5, 5.41) is 3.59. The van der Waals surface area contributed by atoms with Crippen LogP contribution in [0, 0.1) is 0 Å². The highest BCUT2D eigenvalue weighted by molar-refractivity contribution is 6.38. The van der Waals surface area contributed by atoms with Crippen molar-refractivity contribution in [3.8, 4) is 0 Å². The van der Waals surface area contributed by atoms with E-state index >= 15 is 0 Å². The van der Waals surface area contributed by atoms with Crippen LogP contribution in [-0.2, 0) is 12.7 Å². The van der Waals surface area contributed by atoms with Gasteiger partial charge in [0.2, 0.25) is 0 Å². The average Bonchev–Trinajstić information content (AvgIpc) is 2.57. The largest absolute Gasteiger partial charge is 0.393 e. The zero-order chi connectivity index (χ0) is 16.7. The van der Waals surface area contributed by atoms with Crippen LogP contribution in [0.1, 0.15) is 69.1 Å². The third-order valence-electron chi connectivity index (χ3n) is 5.03. The van der Waals surface area contributed by atoms with E-state index in [2.05, 4.69) is 50.5 Å². The number of rotatable bonds is 9. The van der Waals surface area contributed by atoms with Crippen molar-refractivity contribution < 1.29 is 0 Å². The molecule has 0 amide bonds. The zero-order valence-electron chi connectivity index (χ0n) is 15.1. The van der Waals surface area contributed by atoms with E-state index in [1.165, 1.54) is 49.7 Å². The molecule has 23 heavy (non-hydrogen) atoms. The summed E-state index contributed by atoms with van der Waals surface area (Å²) in [4.78, 5) is 0. The summed E-state index contributed by atoms with van der Waals surface area (Å²) >= 11 is 0. The zero-order valence-corrected chi connectivity index (χ0v) is 15.1. The molecule has 1 aliphatic rings. The molecule has 0 bridgehead atoms. The maximum Gasteiger partial charge on any atom is 0.153 e. The van der Waals surface area contributed by atoms with Gasteiger partial charge in [0, 0.05) is 11.6 Å². The molecule has 0 fully saturated rings. The van der Waals surface area contributed by atoms with Crippen LogP contribution in [0.2, 0.25) is 0 Å². The fourth-order valence-corrected chi connectivity index (χ4v) is 3.55. The first-order valence-electron chi connectivity index (χ1n) is 9.38. The lowest BCUT2D eigenvalue weighted by molar-refractivity contribution is 0.676. The highest BCUT2D eigenvalue weighted by Crippen LogP contribution is 2.29. The Labute approximate surface area is 143 Å². The molecule has 2 heteroatoms. The monoisotopic (exact) mass is 309 g/mol. The number of allylic oxidation sites excluding steroid dienone is 2. The number of hydrogen-bond donors (Lipinski definition) is 1. The molecule has 0 saturated carbocycles. The Bertz CT molecular complexity index is 547. The van der Waals surface area contributed by atoms with Crippen molar-refractivity contribution in [2.75, 3.05) is 0 Å². The van der Waals surface area contributed by atoms with Crippen molar-refractivity contribution in [1.29, 1.82) is 0 Å². The number of nitrogens with one attached hydrogen (secondary N) is 1. The molecule has 0 saturated heterocycles. The van der Waals surface area contributed by atoms with Crippen molar-refractivity contribution in [1.82, 2.24) is 5.32 Å². The van der Waals surface area contributed by atoms with Crippen LogP contribution in [0.5, 0.6) is 0 Å². The quantitative estimate of drug-likeness (QED) is 0.500. The second-order valence-corrected chi connectivity index (χ2v) is 6.90. The van der Waals surface area contributed by atoms with Crippen molar-refractivity contribution in [3.05, 3.63) is 53.7 Å². The molecule has 1 unspecified atom stereocenters. The van der Waals surface area contributed by atoms with Gasteiger partial charge in [-0.25, -0.2) is 0 Å². The molecular weight excluding hydrogens is 277 g/mol. The lowest BCUT2D eigenvalue weighted by atomic mass is 9.57. The number of fused-ring (bicyclic) bond motifs is 1. The molecule has 0 aliphatic carbocycles. The first-order chi connectivity index (χ1) is 11.2. The predicted molar refractivity (Wildman–Crippen MR) is 105 cm³/mol. The Kier molecular flexibility index (Phi) is 7.01. The molecule has 2 rings (SSSR count). The summed E-state index contributed by atoms with van der Waals surface area (Å²) < 4.78 is 0. The summed E-state index contributed by atoms with van der Waals surface area (Å²) in [6.07, 6.45) is 9.67. The Hall–Kier alpha value is -1.44. The Morgan fingerprint density at radius 3 is 2.78 bits per heavy atom. The van der Waals surface area contributed by atoms with Gasteiger partial charge in [-0.15, -0.1) is 0 Å². The van der Waals surface area contributed by atoms with Crippen LogP contribution in [0.3, 0.4) is 0 Å². The van der Waals surface area contributed by atoms with E-state index in [4.69, 9.17) is 0 Å². The van der Waals surface area contributed by atoms with Gasteiger partial charge in [0.15, 0.2) is 7.28 Å². The van der Waals surface area contributed by atoms with Crippen LogP contribution in [-0.4, -0.2) is 13.2 Å². The molecule has 1 atom stereocenters. The molecule has 0 spiro atoms. The fourth-order valence-electron chi connectivity index (χ4n) is 3.55. The molecule has 0 aromatic heterocycles. The van der Waals surface area contributed by atoms with Crippen molar-refractivity contribution >= 4 is 12.9 Å². The molecular formula is C21H32BN. The van der Waals surface area contributed by atoms with Gasteiger partial charge in [0.05, 0.1) is 0 Å². The highest BCUT2D eigenvalue weighted by Gasteiger charge is 2.22. The minimum atomic E-state index is 0.544. The summed E-state index contributed by atoms with van der Waals surface area (Å²) in [6, 6.07) is 6.79. The average molecular weight is 309 g/mol. The number of unbranched alkanes of at least 4 members (excludes halogenated alkanes) is 3. The lowest BCUT2D eigenvalue weighted by Gasteiger charge is -2.28. The molecule has 124 valence electrons. The van der Waals surface area contributed by atoms with Gasteiger partial charge in [0.25, 0.3) is 0 Å². The van der Waals surface area contributed by atoms with Gasteiger partial charge < -0.3 is 5.32 Å². The van der Waals surface area contributed by atoms with Gasteiger partial charge >= 0.3 is 0 Å². The molecule has 1 nitrogen and oxygen atoms in total. The second kappa shape index (κ2) is 9.01. The smallest absolute Gasteiger partial charge is 0.153 e. The van der Waals surface area contributed by atoms with Crippen molar-refractivity contribution in [3.63, 3.8) is 0 Å². The molecule has 1 heterocycles. The maximum atomic E-state index is 4.38. The van der Waals surface area contributed by atoms with E-state index in [9.17, 15) is 0 Å². The van der Waals surface area contributed by atoms with Gasteiger partial charge in [-0.05, 0) is 54.3 Å². The topological polar surface area (TPSA) is 12.0 Å². The molecule has 1 aromatic rings. The minimum Gasteiger partial charge on any atom is -0.393 e. The van der Waals surface area contributed by atoms with E-state index in [0.29, 0.717) is 5.94 Å². The number of hydrogen-bond acceptors (Lipinski definition) is 1. The van der Waals surface area contributed by atoms with E-state index < -0.39 is 0 Å². The first-order valence-corrected chi connectivity index (χ1v) is 9.38. The molecule has 1 aromatic carbocycles. The van der Waals surface area contributed by atoms with E-state index in [1.54, 1.807) is 5.56 Å². The maximum absolute atomic E-state index is 4.38. The van der Waals surface area contributed by atoms with E-state index in [-0.39, 0.29) is 0 Å². The predicted octanol–water partition coefficient (Wildman–Crippen LogP) is 5.00. The third kappa shape index (κ3) is 5.02. The Balaban J connectivity index is 2.01. The fraction of sp³-hybridized carbons (Fsp3) is 0.524. The van der Waals surface area contributed by atoms with Crippen LogP contribution >= 0.6 is 0 Å². The SMILES string of the molecule is C=C(CC)NC1BCc2c(cccc2C(=C)CCCCCC)C1. The van der Waals surface area contributed by atoms with Crippen LogP contribution in [0.4, 0.5) is 0 Å². The van der Waals surface area contributed by atoms with Gasteiger partial charge in [-0.1, -0.05) is 64.5 Å². The molecule has 1 N–H and O–H groups in total. The third-order valence-corrected chi connectivity index (χ3v) is 5.03. The molecule has 1 aliphatic heterocycles. The van der Waals surface area contributed by atoms with Gasteiger partial charge in [-0.3, -0.25) is 0 Å². The summed E-state index contributed by atoms with van der Waals surface area (Å²) in [6.45, 7) is 12.9. The van der Waals surface area contributed by atoms with Crippen LogP contribution in [0.15, 0.2) is 37.1 Å². The van der Waals surface area contributed by atoms with Gasteiger partial charge in [-0.2, -0.15) is 0 Å².